The van der Waals surface area contributed by atoms with Crippen molar-refractivity contribution in [2.24, 2.45) is 17.3 Å². The van der Waals surface area contributed by atoms with Crippen molar-refractivity contribution < 1.29 is 19.1 Å². The van der Waals surface area contributed by atoms with E-state index in [0.29, 0.717) is 6.42 Å². The van der Waals surface area contributed by atoms with Crippen molar-refractivity contribution in [3.63, 3.8) is 0 Å². The van der Waals surface area contributed by atoms with E-state index in [-0.39, 0.29) is 41.4 Å². The third-order valence-electron chi connectivity index (χ3n) is 14.2. The molecule has 3 unspecified atom stereocenters. The monoisotopic (exact) mass is 876 g/mol. The standard InChI is InChI=1S/C58H101NO4/c1-6-10-13-15-17-19-21-23-25-27-29-31-33-35-37-40-42-53(43-41-38-36-34-32-30-28-26-24-22-20-18-16-14-11-7-2)62-56(60)51-52-45-46-55(54(52)44-39-12-8-3)63-57(61)58(9-4)47-49-59(5)50-48-58/h12,17-20,23-26,39,52-55H,6-11,13-16,21-22,27-38,40-51H2,1-5H3/b19-17-,20-18-,25-23-,26-24-,39-12-. The summed E-state index contributed by atoms with van der Waals surface area (Å²) in [6, 6.07) is 0. The fourth-order valence-electron chi connectivity index (χ4n) is 9.72. The highest BCUT2D eigenvalue weighted by atomic mass is 16.5. The van der Waals surface area contributed by atoms with E-state index in [0.717, 1.165) is 96.6 Å². The van der Waals surface area contributed by atoms with Crippen LogP contribution in [0.4, 0.5) is 0 Å². The average molecular weight is 876 g/mol. The molecule has 1 aliphatic carbocycles. The van der Waals surface area contributed by atoms with Gasteiger partial charge in [0, 0.05) is 12.3 Å². The zero-order valence-corrected chi connectivity index (χ0v) is 42.1. The van der Waals surface area contributed by atoms with Crippen LogP contribution in [0.25, 0.3) is 0 Å². The quantitative estimate of drug-likeness (QED) is 0.0350. The van der Waals surface area contributed by atoms with Gasteiger partial charge in [-0.3, -0.25) is 9.59 Å². The van der Waals surface area contributed by atoms with Gasteiger partial charge in [0.1, 0.15) is 12.2 Å². The second-order valence-corrected chi connectivity index (χ2v) is 19.6. The molecule has 0 spiro atoms. The molecule has 2 fully saturated rings. The Kier molecular flexibility index (Phi) is 35.0. The Balaban J connectivity index is 1.83. The maximum Gasteiger partial charge on any atom is 0.312 e. The zero-order valence-electron chi connectivity index (χ0n) is 42.1. The highest BCUT2D eigenvalue weighted by Gasteiger charge is 2.45. The smallest absolute Gasteiger partial charge is 0.312 e. The fraction of sp³-hybridized carbons (Fsp3) is 0.793. The molecule has 0 bridgehead atoms. The number of unbranched alkanes of at least 4 members (excludes halogenated alkanes) is 18. The van der Waals surface area contributed by atoms with E-state index in [1.165, 1.54) is 128 Å². The van der Waals surface area contributed by atoms with Crippen LogP contribution in [0.2, 0.25) is 0 Å². The van der Waals surface area contributed by atoms with Crippen molar-refractivity contribution in [2.45, 2.75) is 258 Å². The summed E-state index contributed by atoms with van der Waals surface area (Å²) in [5.41, 5.74) is -0.370. The summed E-state index contributed by atoms with van der Waals surface area (Å²) in [6.07, 6.45) is 61.4. The first-order chi connectivity index (χ1) is 30.9. The maximum absolute atomic E-state index is 13.8. The van der Waals surface area contributed by atoms with Gasteiger partial charge in [-0.05, 0) is 161 Å². The Morgan fingerprint density at radius 1 is 0.587 bits per heavy atom. The Hall–Kier alpha value is -2.40. The molecule has 362 valence electrons. The molecule has 0 radical (unpaired) electrons. The summed E-state index contributed by atoms with van der Waals surface area (Å²) in [4.78, 5) is 29.9. The van der Waals surface area contributed by atoms with Gasteiger partial charge >= 0.3 is 11.9 Å². The molecule has 1 aliphatic heterocycles. The first-order valence-corrected chi connectivity index (χ1v) is 27.2. The minimum absolute atomic E-state index is 0.00235. The molecule has 5 heteroatoms. The van der Waals surface area contributed by atoms with Crippen LogP contribution in [-0.4, -0.2) is 49.2 Å². The van der Waals surface area contributed by atoms with E-state index in [4.69, 9.17) is 9.47 Å². The molecular weight excluding hydrogens is 775 g/mol. The lowest BCUT2D eigenvalue weighted by Gasteiger charge is -2.39. The number of ether oxygens (including phenoxy) is 2. The van der Waals surface area contributed by atoms with Crippen molar-refractivity contribution in [3.05, 3.63) is 60.8 Å². The molecule has 1 saturated carbocycles. The second kappa shape index (κ2) is 38.8. The van der Waals surface area contributed by atoms with Crippen molar-refractivity contribution in [2.75, 3.05) is 20.1 Å². The Morgan fingerprint density at radius 3 is 1.54 bits per heavy atom. The molecule has 0 aromatic carbocycles. The molecule has 0 amide bonds. The number of carbonyl (C=O) groups is 2. The topological polar surface area (TPSA) is 55.8 Å². The molecule has 3 atom stereocenters. The zero-order chi connectivity index (χ0) is 45.5. The third-order valence-corrected chi connectivity index (χ3v) is 14.2. The number of piperidine rings is 1. The highest BCUT2D eigenvalue weighted by molar-refractivity contribution is 5.77. The van der Waals surface area contributed by atoms with Crippen LogP contribution in [0, 0.1) is 17.3 Å². The van der Waals surface area contributed by atoms with E-state index in [1.807, 2.05) is 0 Å². The molecule has 2 aliphatic rings. The van der Waals surface area contributed by atoms with E-state index < -0.39 is 0 Å². The summed E-state index contributed by atoms with van der Waals surface area (Å²) in [7, 11) is 2.14. The van der Waals surface area contributed by atoms with E-state index in [9.17, 15) is 9.59 Å². The Morgan fingerprint density at radius 2 is 1.06 bits per heavy atom. The van der Waals surface area contributed by atoms with Crippen LogP contribution in [0.5, 0.6) is 0 Å². The van der Waals surface area contributed by atoms with Gasteiger partial charge < -0.3 is 14.4 Å². The predicted molar refractivity (Wildman–Crippen MR) is 272 cm³/mol. The number of allylic oxidation sites excluding steroid dienone is 10. The third kappa shape index (κ3) is 27.6. The molecule has 5 nitrogen and oxygen atoms in total. The first-order valence-electron chi connectivity index (χ1n) is 27.2. The molecule has 1 saturated heterocycles. The van der Waals surface area contributed by atoms with Gasteiger partial charge in [-0.1, -0.05) is 166 Å². The molecule has 0 N–H and O–H groups in total. The molecule has 0 aromatic heterocycles. The molecule has 1 heterocycles. The van der Waals surface area contributed by atoms with Gasteiger partial charge in [-0.2, -0.15) is 0 Å². The number of hydrogen-bond donors (Lipinski definition) is 0. The first kappa shape index (κ1) is 56.7. The van der Waals surface area contributed by atoms with E-state index >= 15 is 0 Å². The van der Waals surface area contributed by atoms with Crippen LogP contribution < -0.4 is 0 Å². The lowest BCUT2D eigenvalue weighted by molar-refractivity contribution is -0.167. The minimum Gasteiger partial charge on any atom is -0.462 e. The van der Waals surface area contributed by atoms with Crippen LogP contribution in [-0.2, 0) is 19.1 Å². The summed E-state index contributed by atoms with van der Waals surface area (Å²) < 4.78 is 12.8. The summed E-state index contributed by atoms with van der Waals surface area (Å²) in [6.45, 7) is 10.7. The Bertz CT molecular complexity index is 1210. The van der Waals surface area contributed by atoms with Gasteiger partial charge in [0.25, 0.3) is 0 Å². The Labute approximate surface area is 390 Å². The number of esters is 2. The van der Waals surface area contributed by atoms with Gasteiger partial charge in [0.15, 0.2) is 0 Å². The summed E-state index contributed by atoms with van der Waals surface area (Å²) in [5, 5.41) is 0. The second-order valence-electron chi connectivity index (χ2n) is 19.6. The summed E-state index contributed by atoms with van der Waals surface area (Å²) >= 11 is 0. The number of likely N-dealkylation sites (tertiary alicyclic amines) is 1. The van der Waals surface area contributed by atoms with Gasteiger partial charge in [-0.25, -0.2) is 0 Å². The van der Waals surface area contributed by atoms with E-state index in [2.05, 4.69) is 100 Å². The lowest BCUT2D eigenvalue weighted by Crippen LogP contribution is -2.44. The average Bonchev–Trinajstić information content (AvgIpc) is 3.65. The molecular formula is C58H101NO4. The lowest BCUT2D eigenvalue weighted by atomic mass is 9.76. The largest absolute Gasteiger partial charge is 0.462 e. The number of nitrogens with zero attached hydrogens (tertiary/aromatic N) is 1. The number of rotatable bonds is 39. The van der Waals surface area contributed by atoms with Crippen molar-refractivity contribution >= 4 is 11.9 Å². The van der Waals surface area contributed by atoms with Gasteiger partial charge in [0.2, 0.25) is 0 Å². The number of hydrogen-bond acceptors (Lipinski definition) is 5. The summed E-state index contributed by atoms with van der Waals surface area (Å²) in [5.74, 6) is 0.318. The molecule has 63 heavy (non-hydrogen) atoms. The van der Waals surface area contributed by atoms with E-state index in [1.54, 1.807) is 0 Å². The number of carbonyl (C=O) groups excluding carboxylic acids is 2. The molecule has 2 rings (SSSR count). The van der Waals surface area contributed by atoms with Crippen molar-refractivity contribution in [1.82, 2.24) is 4.90 Å². The SMILES string of the molecule is CC/C=C\CC1C(CC(=O)OC(CCCCCCCC/C=C\C/C=C\CCCCC)CCCCCCCC/C=C\C/C=C\CCCCC)CCC1OC(=O)C1(CC)CCN(C)CC1. The highest BCUT2D eigenvalue weighted by Crippen LogP contribution is 2.42. The minimum atomic E-state index is -0.370. The van der Waals surface area contributed by atoms with Crippen molar-refractivity contribution in [3.8, 4) is 0 Å². The van der Waals surface area contributed by atoms with Crippen LogP contribution in [0.15, 0.2) is 60.8 Å². The van der Waals surface area contributed by atoms with Gasteiger partial charge in [-0.15, -0.1) is 0 Å². The predicted octanol–water partition coefficient (Wildman–Crippen LogP) is 17.1. The van der Waals surface area contributed by atoms with Crippen LogP contribution >= 0.6 is 0 Å². The van der Waals surface area contributed by atoms with Crippen molar-refractivity contribution in [1.29, 1.82) is 0 Å². The van der Waals surface area contributed by atoms with Gasteiger partial charge in [0.05, 0.1) is 5.41 Å². The fourth-order valence-corrected chi connectivity index (χ4v) is 9.72. The normalized spacial score (nSPS) is 19.6. The maximum atomic E-state index is 13.8. The molecule has 0 aromatic rings. The van der Waals surface area contributed by atoms with Crippen LogP contribution in [0.1, 0.15) is 246 Å². The van der Waals surface area contributed by atoms with Crippen LogP contribution in [0.3, 0.4) is 0 Å².